The van der Waals surface area contributed by atoms with E-state index in [0.717, 1.165) is 19.3 Å². The van der Waals surface area contributed by atoms with Crippen molar-refractivity contribution in [3.63, 3.8) is 0 Å². The summed E-state index contributed by atoms with van der Waals surface area (Å²) in [5, 5.41) is 2.75. The monoisotopic (exact) mass is 700 g/mol. The third-order valence-electron chi connectivity index (χ3n) is 9.06. The second-order valence-electron chi connectivity index (χ2n) is 14.5. The Bertz CT molecular complexity index is 1580. The van der Waals surface area contributed by atoms with E-state index in [2.05, 4.69) is 28.4 Å². The molecular weight excluding hydrogens is 650 g/mol. The Kier molecular flexibility index (Phi) is 12.1. The highest BCUT2D eigenvalue weighted by Crippen LogP contribution is 2.40. The first-order chi connectivity index (χ1) is 23.5. The number of halogens is 2. The van der Waals surface area contributed by atoms with Gasteiger partial charge >= 0.3 is 18.0 Å². The number of aromatic nitrogens is 2. The van der Waals surface area contributed by atoms with Crippen molar-refractivity contribution in [3.05, 3.63) is 49.2 Å². The van der Waals surface area contributed by atoms with Crippen LogP contribution in [0.2, 0.25) is 0 Å². The molecule has 1 aliphatic heterocycles. The molecular formula is C37H50F2N4O7. The first-order valence-corrected chi connectivity index (χ1v) is 17.1. The Hall–Kier alpha value is -4.29. The van der Waals surface area contributed by atoms with Gasteiger partial charge in [-0.1, -0.05) is 54.2 Å². The quantitative estimate of drug-likeness (QED) is 0.162. The Morgan fingerprint density at radius 1 is 1.12 bits per heavy atom. The summed E-state index contributed by atoms with van der Waals surface area (Å²) in [6, 6.07) is 2.39. The van der Waals surface area contributed by atoms with Gasteiger partial charge in [0.15, 0.2) is 5.69 Å². The van der Waals surface area contributed by atoms with Crippen molar-refractivity contribution in [3.8, 4) is 11.6 Å². The molecule has 1 aromatic heterocycles. The third kappa shape index (κ3) is 8.89. The van der Waals surface area contributed by atoms with E-state index in [4.69, 9.17) is 18.9 Å². The first-order valence-electron chi connectivity index (χ1n) is 17.1. The second kappa shape index (κ2) is 15.7. The van der Waals surface area contributed by atoms with Crippen LogP contribution in [0, 0.1) is 23.2 Å². The number of fused-ring (bicyclic) bond motifs is 1. The molecule has 0 spiro atoms. The van der Waals surface area contributed by atoms with Crippen LogP contribution in [0.4, 0.5) is 13.6 Å². The summed E-state index contributed by atoms with van der Waals surface area (Å²) < 4.78 is 53.4. The number of nitrogens with zero attached hydrogens (tertiary/aromatic N) is 3. The van der Waals surface area contributed by atoms with Gasteiger partial charge in [0, 0.05) is 12.0 Å². The lowest BCUT2D eigenvalue weighted by Gasteiger charge is -2.35. The Morgan fingerprint density at radius 3 is 2.44 bits per heavy atom. The molecule has 274 valence electrons. The molecule has 2 aromatic rings. The number of hydrogen-bond donors (Lipinski definition) is 1. The summed E-state index contributed by atoms with van der Waals surface area (Å²) in [6.07, 6.45) is 3.04. The summed E-state index contributed by atoms with van der Waals surface area (Å²) in [7, 11) is 1.47. The van der Waals surface area contributed by atoms with Gasteiger partial charge in [0.05, 0.1) is 31.3 Å². The molecule has 0 bridgehead atoms. The normalized spacial score (nSPS) is 22.5. The summed E-state index contributed by atoms with van der Waals surface area (Å²) >= 11 is 0. The molecule has 4 rings (SSSR count). The maximum absolute atomic E-state index is 15.3. The number of carbonyl (C=O) groups excluding carboxylic acids is 3. The van der Waals surface area contributed by atoms with Gasteiger partial charge in [0.1, 0.15) is 30.0 Å². The van der Waals surface area contributed by atoms with E-state index in [-0.39, 0.29) is 42.1 Å². The lowest BCUT2D eigenvalue weighted by molar-refractivity contribution is -0.157. The number of benzene rings is 1. The van der Waals surface area contributed by atoms with E-state index in [9.17, 15) is 14.4 Å². The largest absolute Gasteiger partial charge is 0.497 e. The van der Waals surface area contributed by atoms with E-state index < -0.39 is 65.0 Å². The molecule has 1 aliphatic carbocycles. The highest BCUT2D eigenvalue weighted by atomic mass is 19.3. The van der Waals surface area contributed by atoms with Crippen molar-refractivity contribution in [2.24, 2.45) is 23.2 Å². The lowest BCUT2D eigenvalue weighted by Crippen LogP contribution is -2.57. The highest BCUT2D eigenvalue weighted by Gasteiger charge is 2.53. The standard InChI is InChI=1S/C37H50F2N4O7/c1-10-13-14-22-17-27(22)50-35(46)42-31(36(6,7)8)33(44)43-19-28(24(11-2)29(43)34(45)48-20-21(4)5)49-32-30(37(38,39)12-3)40-25-16-15-23(47-9)18-26(25)41-32/h10,12,15-16,18,21-22,24,27-29,31H,1,3,11,13-14,17,19-20H2,2,4-9H3,(H,42,46)/t22-,24-,27-,28+,29+,31-/m1/s1. The molecule has 1 aromatic carbocycles. The number of methoxy groups -OCH3 is 1. The summed E-state index contributed by atoms with van der Waals surface area (Å²) in [5.41, 5.74) is -1.14. The zero-order valence-electron chi connectivity index (χ0n) is 30.0. The molecule has 6 atom stereocenters. The average Bonchev–Trinajstić information content (AvgIpc) is 3.70. The summed E-state index contributed by atoms with van der Waals surface area (Å²) in [6.45, 7) is 17.9. The third-order valence-corrected chi connectivity index (χ3v) is 9.06. The molecule has 0 unspecified atom stereocenters. The minimum absolute atomic E-state index is 0.0154. The van der Waals surface area contributed by atoms with Crippen molar-refractivity contribution in [2.45, 2.75) is 97.4 Å². The van der Waals surface area contributed by atoms with Crippen LogP contribution < -0.4 is 14.8 Å². The summed E-state index contributed by atoms with van der Waals surface area (Å²) in [4.78, 5) is 51.2. The predicted octanol–water partition coefficient (Wildman–Crippen LogP) is 6.60. The number of carbonyl (C=O) groups is 3. The lowest BCUT2D eigenvalue weighted by atomic mass is 9.85. The van der Waals surface area contributed by atoms with Crippen LogP contribution in [0.15, 0.2) is 43.5 Å². The van der Waals surface area contributed by atoms with Gasteiger partial charge in [-0.2, -0.15) is 8.78 Å². The fourth-order valence-electron chi connectivity index (χ4n) is 6.14. The molecule has 2 fully saturated rings. The maximum atomic E-state index is 15.3. The smallest absolute Gasteiger partial charge is 0.408 e. The number of esters is 1. The number of amides is 2. The number of allylic oxidation sites excluding steroid dienone is 2. The van der Waals surface area contributed by atoms with Crippen molar-refractivity contribution < 1.29 is 42.1 Å². The van der Waals surface area contributed by atoms with Gasteiger partial charge in [-0.15, -0.1) is 6.58 Å². The molecule has 11 nitrogen and oxygen atoms in total. The van der Waals surface area contributed by atoms with Crippen molar-refractivity contribution >= 4 is 29.0 Å². The zero-order valence-corrected chi connectivity index (χ0v) is 30.0. The van der Waals surface area contributed by atoms with Crippen LogP contribution in [0.5, 0.6) is 11.6 Å². The van der Waals surface area contributed by atoms with Crippen LogP contribution in [0.3, 0.4) is 0 Å². The predicted molar refractivity (Wildman–Crippen MR) is 184 cm³/mol. The van der Waals surface area contributed by atoms with Gasteiger partial charge in [0.2, 0.25) is 11.8 Å². The fourth-order valence-corrected chi connectivity index (χ4v) is 6.14. The number of alkyl carbamates (subject to hydrolysis) is 1. The molecule has 13 heteroatoms. The van der Waals surface area contributed by atoms with Crippen molar-refractivity contribution in [2.75, 3.05) is 20.3 Å². The van der Waals surface area contributed by atoms with E-state index in [0.29, 0.717) is 18.2 Å². The molecule has 0 radical (unpaired) electrons. The number of hydrogen-bond acceptors (Lipinski definition) is 9. The minimum Gasteiger partial charge on any atom is -0.497 e. The molecule has 1 N–H and O–H groups in total. The maximum Gasteiger partial charge on any atom is 0.408 e. The molecule has 1 saturated carbocycles. The Morgan fingerprint density at radius 2 is 1.84 bits per heavy atom. The van der Waals surface area contributed by atoms with Crippen LogP contribution in [-0.2, 0) is 25.0 Å². The fraction of sp³-hybridized carbons (Fsp3) is 0.595. The van der Waals surface area contributed by atoms with Gasteiger partial charge < -0.3 is 29.2 Å². The van der Waals surface area contributed by atoms with Crippen LogP contribution >= 0.6 is 0 Å². The number of rotatable bonds is 15. The SMILES string of the molecule is C=CCC[C@@H]1C[C@H]1OC(=O)N[C@H](C(=O)N1C[C@H](Oc2nc3cc(OC)ccc3nc2C(F)(F)C=C)[C@@H](CC)[C@H]1C(=O)OCC(C)C)C(C)(C)C. The van der Waals surface area contributed by atoms with Gasteiger partial charge in [-0.3, -0.25) is 4.79 Å². The van der Waals surface area contributed by atoms with Crippen LogP contribution in [-0.4, -0.2) is 77.4 Å². The van der Waals surface area contributed by atoms with E-state index in [1.165, 1.54) is 18.1 Å². The number of ether oxygens (including phenoxy) is 4. The summed E-state index contributed by atoms with van der Waals surface area (Å²) in [5.74, 6) is -5.29. The van der Waals surface area contributed by atoms with Gasteiger partial charge in [-0.25, -0.2) is 19.6 Å². The molecule has 2 aliphatic rings. The minimum atomic E-state index is -3.62. The average molecular weight is 701 g/mol. The number of alkyl halides is 2. The Balaban J connectivity index is 1.69. The number of likely N-dealkylation sites (tertiary alicyclic amines) is 1. The number of nitrogens with one attached hydrogen (secondary N) is 1. The highest BCUT2D eigenvalue weighted by molar-refractivity contribution is 5.91. The molecule has 2 amide bonds. The van der Waals surface area contributed by atoms with E-state index >= 15 is 8.78 Å². The molecule has 2 heterocycles. The van der Waals surface area contributed by atoms with Crippen molar-refractivity contribution in [1.82, 2.24) is 20.2 Å². The van der Waals surface area contributed by atoms with Crippen LogP contribution in [0.1, 0.15) is 72.9 Å². The topological polar surface area (TPSA) is 129 Å². The van der Waals surface area contributed by atoms with E-state index in [1.54, 1.807) is 32.9 Å². The molecule has 50 heavy (non-hydrogen) atoms. The molecule has 1 saturated heterocycles. The van der Waals surface area contributed by atoms with E-state index in [1.807, 2.05) is 26.8 Å². The van der Waals surface area contributed by atoms with Gasteiger partial charge in [0.25, 0.3) is 0 Å². The van der Waals surface area contributed by atoms with Crippen LogP contribution in [0.25, 0.3) is 11.0 Å². The van der Waals surface area contributed by atoms with Gasteiger partial charge in [-0.05, 0) is 61.1 Å². The second-order valence-corrected chi connectivity index (χ2v) is 14.5. The first kappa shape index (κ1) is 38.5. The Labute approximate surface area is 292 Å². The van der Waals surface area contributed by atoms with Crippen molar-refractivity contribution in [1.29, 1.82) is 0 Å². The zero-order chi connectivity index (χ0) is 37.0.